The maximum atomic E-state index is 4.33. The maximum Gasteiger partial charge on any atom is 0.0721 e. The molecule has 0 unspecified atom stereocenters. The van der Waals surface area contributed by atoms with Crippen molar-refractivity contribution in [2.75, 3.05) is 0 Å². The Bertz CT molecular complexity index is 488. The summed E-state index contributed by atoms with van der Waals surface area (Å²) in [5.41, 5.74) is 3.40. The Morgan fingerprint density at radius 1 is 1.35 bits per heavy atom. The monoisotopic (exact) mass is 230 g/mol. The van der Waals surface area contributed by atoms with Crippen LogP contribution < -0.4 is 5.32 Å². The molecule has 0 saturated carbocycles. The van der Waals surface area contributed by atoms with Crippen molar-refractivity contribution in [1.82, 2.24) is 20.1 Å². The minimum atomic E-state index is 0.461. The van der Waals surface area contributed by atoms with Crippen molar-refractivity contribution in [2.45, 2.75) is 33.4 Å². The summed E-state index contributed by atoms with van der Waals surface area (Å²) in [5.74, 6) is 0. The number of nitrogens with zero attached hydrogens (tertiary/aromatic N) is 3. The molecule has 0 spiro atoms. The number of rotatable bonds is 4. The Hall–Kier alpha value is -1.68. The minimum absolute atomic E-state index is 0.461. The second-order valence-corrected chi connectivity index (χ2v) is 4.50. The molecule has 0 aliphatic rings. The number of aryl methyl sites for hydroxylation is 1. The van der Waals surface area contributed by atoms with Crippen LogP contribution in [0.25, 0.3) is 5.69 Å². The smallest absolute Gasteiger partial charge is 0.0721 e. The highest BCUT2D eigenvalue weighted by Gasteiger charge is 2.05. The normalized spacial score (nSPS) is 11.1. The van der Waals surface area contributed by atoms with Crippen LogP contribution in [0.3, 0.4) is 0 Å². The van der Waals surface area contributed by atoms with Crippen molar-refractivity contribution < 1.29 is 0 Å². The molecule has 2 aromatic heterocycles. The predicted octanol–water partition coefficient (Wildman–Crippen LogP) is 2.07. The molecule has 0 aromatic carbocycles. The van der Waals surface area contributed by atoms with Crippen molar-refractivity contribution in [3.05, 3.63) is 42.0 Å². The number of pyridine rings is 1. The first-order valence-corrected chi connectivity index (χ1v) is 5.84. The fourth-order valence-electron chi connectivity index (χ4n) is 1.64. The number of nitrogens with one attached hydrogen (secondary N) is 1. The molecule has 0 aliphatic heterocycles. The maximum absolute atomic E-state index is 4.33. The average Bonchev–Trinajstić information content (AvgIpc) is 2.73. The fourth-order valence-corrected chi connectivity index (χ4v) is 1.64. The zero-order valence-corrected chi connectivity index (χ0v) is 10.5. The van der Waals surface area contributed by atoms with Crippen LogP contribution in [0.4, 0.5) is 0 Å². The first kappa shape index (κ1) is 11.8. The minimum Gasteiger partial charge on any atom is -0.310 e. The van der Waals surface area contributed by atoms with E-state index in [1.807, 2.05) is 36.3 Å². The first-order chi connectivity index (χ1) is 8.16. The van der Waals surface area contributed by atoms with Gasteiger partial charge in [-0.15, -0.1) is 0 Å². The van der Waals surface area contributed by atoms with E-state index in [9.17, 15) is 0 Å². The number of aromatic nitrogens is 3. The molecule has 1 N–H and O–H groups in total. The van der Waals surface area contributed by atoms with Crippen LogP contribution >= 0.6 is 0 Å². The summed E-state index contributed by atoms with van der Waals surface area (Å²) in [5, 5.41) is 7.73. The van der Waals surface area contributed by atoms with Gasteiger partial charge in [-0.1, -0.05) is 13.8 Å². The van der Waals surface area contributed by atoms with Gasteiger partial charge in [-0.25, -0.2) is 4.68 Å². The summed E-state index contributed by atoms with van der Waals surface area (Å²) < 4.78 is 1.90. The van der Waals surface area contributed by atoms with Crippen molar-refractivity contribution >= 4 is 0 Å². The van der Waals surface area contributed by atoms with Gasteiger partial charge in [0.25, 0.3) is 0 Å². The van der Waals surface area contributed by atoms with Gasteiger partial charge in [0.05, 0.1) is 11.9 Å². The summed E-state index contributed by atoms with van der Waals surface area (Å²) >= 11 is 0. The van der Waals surface area contributed by atoms with Crippen molar-refractivity contribution in [2.24, 2.45) is 0 Å². The molecule has 4 heteroatoms. The van der Waals surface area contributed by atoms with Crippen molar-refractivity contribution in [3.63, 3.8) is 0 Å². The summed E-state index contributed by atoms with van der Waals surface area (Å²) in [6.07, 6.45) is 7.57. The van der Waals surface area contributed by atoms with Crippen molar-refractivity contribution in [1.29, 1.82) is 0 Å². The zero-order valence-electron chi connectivity index (χ0n) is 10.5. The molecule has 90 valence electrons. The highest BCUT2D eigenvalue weighted by molar-refractivity contribution is 5.38. The Labute approximate surface area is 102 Å². The second kappa shape index (κ2) is 5.10. The highest BCUT2D eigenvalue weighted by Crippen LogP contribution is 2.13. The van der Waals surface area contributed by atoms with Crippen LogP contribution in [0, 0.1) is 6.92 Å². The van der Waals surface area contributed by atoms with Crippen LogP contribution in [-0.4, -0.2) is 20.8 Å². The Morgan fingerprint density at radius 3 is 2.82 bits per heavy atom. The second-order valence-electron chi connectivity index (χ2n) is 4.50. The third kappa shape index (κ3) is 2.91. The lowest BCUT2D eigenvalue weighted by molar-refractivity contribution is 0.585. The van der Waals surface area contributed by atoms with Gasteiger partial charge in [-0.05, 0) is 18.6 Å². The largest absolute Gasteiger partial charge is 0.310 e. The van der Waals surface area contributed by atoms with Crippen LogP contribution in [-0.2, 0) is 6.54 Å². The molecule has 0 amide bonds. The zero-order chi connectivity index (χ0) is 12.3. The summed E-state index contributed by atoms with van der Waals surface area (Å²) in [4.78, 5) is 4.17. The summed E-state index contributed by atoms with van der Waals surface area (Å²) in [7, 11) is 0. The van der Waals surface area contributed by atoms with E-state index in [-0.39, 0.29) is 0 Å². The summed E-state index contributed by atoms with van der Waals surface area (Å²) in [6, 6.07) is 2.45. The predicted molar refractivity (Wildman–Crippen MR) is 68.1 cm³/mol. The molecule has 0 aliphatic carbocycles. The van der Waals surface area contributed by atoms with E-state index in [1.54, 1.807) is 6.20 Å². The average molecular weight is 230 g/mol. The van der Waals surface area contributed by atoms with Gasteiger partial charge >= 0.3 is 0 Å². The molecular formula is C13H18N4. The van der Waals surface area contributed by atoms with Gasteiger partial charge in [0.1, 0.15) is 0 Å². The quantitative estimate of drug-likeness (QED) is 0.874. The molecule has 2 rings (SSSR count). The molecule has 0 radical (unpaired) electrons. The number of hydrogen-bond acceptors (Lipinski definition) is 3. The van der Waals surface area contributed by atoms with Gasteiger partial charge < -0.3 is 5.32 Å². The number of hydrogen-bond donors (Lipinski definition) is 1. The fraction of sp³-hybridized carbons (Fsp3) is 0.385. The Morgan fingerprint density at radius 2 is 2.18 bits per heavy atom. The molecule has 0 atom stereocenters. The van der Waals surface area contributed by atoms with Gasteiger partial charge in [-0.3, -0.25) is 4.98 Å². The molecule has 17 heavy (non-hydrogen) atoms. The van der Waals surface area contributed by atoms with Gasteiger partial charge in [0, 0.05) is 36.7 Å². The lowest BCUT2D eigenvalue weighted by Gasteiger charge is -2.11. The van der Waals surface area contributed by atoms with Crippen LogP contribution in [0.2, 0.25) is 0 Å². The molecule has 2 heterocycles. The standard InChI is InChI=1S/C13H18N4/c1-10(2)15-8-12-7-14-5-4-13(12)17-9-11(3)6-16-17/h4-7,9-10,15H,8H2,1-3H3. The Kier molecular flexibility index (Phi) is 3.54. The van der Waals surface area contributed by atoms with E-state index in [0.29, 0.717) is 6.04 Å². The highest BCUT2D eigenvalue weighted by atomic mass is 15.3. The SMILES string of the molecule is Cc1cnn(-c2ccncc2CNC(C)C)c1. The van der Waals surface area contributed by atoms with E-state index >= 15 is 0 Å². The lowest BCUT2D eigenvalue weighted by atomic mass is 10.2. The third-order valence-electron chi connectivity index (χ3n) is 2.54. The van der Waals surface area contributed by atoms with E-state index in [0.717, 1.165) is 23.4 Å². The molecule has 4 nitrogen and oxygen atoms in total. The molecule has 0 bridgehead atoms. The first-order valence-electron chi connectivity index (χ1n) is 5.84. The van der Waals surface area contributed by atoms with Crippen LogP contribution in [0.15, 0.2) is 30.9 Å². The van der Waals surface area contributed by atoms with E-state index in [1.165, 1.54) is 0 Å². The molecule has 0 fully saturated rings. The van der Waals surface area contributed by atoms with E-state index < -0.39 is 0 Å². The topological polar surface area (TPSA) is 42.7 Å². The lowest BCUT2D eigenvalue weighted by Crippen LogP contribution is -2.22. The summed E-state index contributed by atoms with van der Waals surface area (Å²) in [6.45, 7) is 7.11. The Balaban J connectivity index is 2.27. The van der Waals surface area contributed by atoms with E-state index in [2.05, 4.69) is 29.2 Å². The molecule has 2 aromatic rings. The van der Waals surface area contributed by atoms with Crippen molar-refractivity contribution in [3.8, 4) is 5.69 Å². The van der Waals surface area contributed by atoms with Crippen LogP contribution in [0.1, 0.15) is 25.0 Å². The molecular weight excluding hydrogens is 212 g/mol. The van der Waals surface area contributed by atoms with Gasteiger partial charge in [0.15, 0.2) is 0 Å². The van der Waals surface area contributed by atoms with Crippen LogP contribution in [0.5, 0.6) is 0 Å². The van der Waals surface area contributed by atoms with Gasteiger partial charge in [-0.2, -0.15) is 5.10 Å². The van der Waals surface area contributed by atoms with Gasteiger partial charge in [0.2, 0.25) is 0 Å². The van der Waals surface area contributed by atoms with E-state index in [4.69, 9.17) is 0 Å². The molecule has 0 saturated heterocycles. The third-order valence-corrected chi connectivity index (χ3v) is 2.54.